The fraction of sp³-hybridized carbons (Fsp3) is 0.875. The van der Waals surface area contributed by atoms with Crippen LogP contribution in [0.3, 0.4) is 0 Å². The highest BCUT2D eigenvalue weighted by Gasteiger charge is 2.42. The van der Waals surface area contributed by atoms with Crippen LogP contribution in [0.4, 0.5) is 0 Å². The molecule has 0 aromatic carbocycles. The summed E-state index contributed by atoms with van der Waals surface area (Å²) in [5.41, 5.74) is 0. The summed E-state index contributed by atoms with van der Waals surface area (Å²) >= 11 is 1.90. The fourth-order valence-electron chi connectivity index (χ4n) is 3.54. The average Bonchev–Trinajstić information content (AvgIpc) is 2.49. The van der Waals surface area contributed by atoms with Gasteiger partial charge in [-0.3, -0.25) is 9.59 Å². The molecule has 21 heavy (non-hydrogen) atoms. The van der Waals surface area contributed by atoms with Gasteiger partial charge in [-0.15, -0.1) is 0 Å². The molecule has 1 saturated heterocycles. The zero-order valence-electron chi connectivity index (χ0n) is 13.3. The van der Waals surface area contributed by atoms with Crippen molar-refractivity contribution in [2.75, 3.05) is 18.1 Å². The third kappa shape index (κ3) is 4.15. The molecule has 0 radical (unpaired) electrons. The minimum absolute atomic E-state index is 0.0668. The minimum atomic E-state index is -0.365. The summed E-state index contributed by atoms with van der Waals surface area (Å²) in [5.74, 6) is 2.70. The summed E-state index contributed by atoms with van der Waals surface area (Å²) in [6, 6.07) is -0.586. The first kappa shape index (κ1) is 16.7. The molecule has 4 nitrogen and oxygen atoms in total. The topological polar surface area (TPSA) is 49.4 Å². The molecule has 0 bridgehead atoms. The molecule has 0 spiro atoms. The third-order valence-corrected chi connectivity index (χ3v) is 5.59. The van der Waals surface area contributed by atoms with Gasteiger partial charge in [0.25, 0.3) is 0 Å². The lowest BCUT2D eigenvalue weighted by atomic mass is 9.81. The summed E-state index contributed by atoms with van der Waals surface area (Å²) in [4.78, 5) is 26.8. The van der Waals surface area contributed by atoms with E-state index in [-0.39, 0.29) is 23.9 Å². The van der Waals surface area contributed by atoms with Crippen LogP contribution in [0, 0.1) is 5.92 Å². The molecule has 0 aromatic heterocycles. The van der Waals surface area contributed by atoms with E-state index < -0.39 is 0 Å². The minimum Gasteiger partial charge on any atom is -0.343 e. The molecule has 1 heterocycles. The van der Waals surface area contributed by atoms with E-state index in [4.69, 9.17) is 0 Å². The highest BCUT2D eigenvalue weighted by Crippen LogP contribution is 2.31. The number of hydrogen-bond acceptors (Lipinski definition) is 3. The Bertz CT molecular complexity index is 369. The molecule has 2 unspecified atom stereocenters. The van der Waals surface area contributed by atoms with Gasteiger partial charge in [-0.2, -0.15) is 11.8 Å². The maximum absolute atomic E-state index is 12.5. The molecule has 1 aliphatic carbocycles. The predicted octanol–water partition coefficient (Wildman–Crippen LogP) is 2.43. The molecule has 2 fully saturated rings. The van der Waals surface area contributed by atoms with Gasteiger partial charge in [0.05, 0.1) is 0 Å². The zero-order valence-corrected chi connectivity index (χ0v) is 14.1. The van der Waals surface area contributed by atoms with Crippen LogP contribution in [0.15, 0.2) is 0 Å². The van der Waals surface area contributed by atoms with Crippen LogP contribution in [-0.2, 0) is 9.59 Å². The van der Waals surface area contributed by atoms with Gasteiger partial charge < -0.3 is 10.2 Å². The summed E-state index contributed by atoms with van der Waals surface area (Å²) in [6.07, 6.45) is 6.80. The second-order valence-corrected chi connectivity index (χ2v) is 7.55. The Balaban J connectivity index is 2.04. The first-order valence-electron chi connectivity index (χ1n) is 8.33. The maximum Gasteiger partial charge on any atom is 0.245 e. The van der Waals surface area contributed by atoms with Gasteiger partial charge in [0.1, 0.15) is 12.1 Å². The second-order valence-electron chi connectivity index (χ2n) is 6.16. The number of rotatable bonds is 6. The van der Waals surface area contributed by atoms with Crippen molar-refractivity contribution < 1.29 is 9.59 Å². The highest BCUT2D eigenvalue weighted by molar-refractivity contribution is 7.99. The second kappa shape index (κ2) is 8.06. The van der Waals surface area contributed by atoms with Crippen molar-refractivity contribution in [1.29, 1.82) is 0 Å². The van der Waals surface area contributed by atoms with Gasteiger partial charge in [0.15, 0.2) is 0 Å². The zero-order chi connectivity index (χ0) is 15.2. The molecule has 0 aromatic rings. The van der Waals surface area contributed by atoms with Crippen molar-refractivity contribution in [3.8, 4) is 0 Å². The molecule has 1 saturated carbocycles. The van der Waals surface area contributed by atoms with E-state index in [2.05, 4.69) is 12.2 Å². The average molecular weight is 312 g/mol. The van der Waals surface area contributed by atoms with E-state index in [0.717, 1.165) is 37.3 Å². The Kier molecular flexibility index (Phi) is 6.40. The monoisotopic (exact) mass is 312 g/mol. The van der Waals surface area contributed by atoms with Crippen LogP contribution >= 0.6 is 11.8 Å². The number of carbonyl (C=O) groups is 2. The Hall–Kier alpha value is -0.710. The number of nitrogens with one attached hydrogen (secondary N) is 1. The first-order chi connectivity index (χ1) is 10.1. The molecule has 1 aliphatic heterocycles. The Morgan fingerprint density at radius 1 is 1.24 bits per heavy atom. The van der Waals surface area contributed by atoms with Crippen LogP contribution in [0.1, 0.15) is 52.4 Å². The van der Waals surface area contributed by atoms with Gasteiger partial charge in [0.2, 0.25) is 11.8 Å². The highest BCUT2D eigenvalue weighted by atomic mass is 32.2. The van der Waals surface area contributed by atoms with Crippen LogP contribution in [0.2, 0.25) is 0 Å². The van der Waals surface area contributed by atoms with E-state index in [1.165, 1.54) is 19.3 Å². The van der Waals surface area contributed by atoms with Crippen molar-refractivity contribution >= 4 is 23.6 Å². The molecule has 1 N–H and O–H groups in total. The van der Waals surface area contributed by atoms with Crippen LogP contribution in [-0.4, -0.2) is 46.8 Å². The number of piperazine rings is 1. The number of thioether (sulfide) groups is 1. The van der Waals surface area contributed by atoms with E-state index in [0.29, 0.717) is 5.92 Å². The fourth-order valence-corrected chi connectivity index (χ4v) is 4.16. The molecular formula is C16H28N2O2S. The molecule has 2 atom stereocenters. The lowest BCUT2D eigenvalue weighted by molar-refractivity contribution is -0.151. The van der Waals surface area contributed by atoms with Crippen molar-refractivity contribution in [3.05, 3.63) is 0 Å². The van der Waals surface area contributed by atoms with E-state index in [1.807, 2.05) is 16.7 Å². The van der Waals surface area contributed by atoms with Crippen LogP contribution in [0.5, 0.6) is 0 Å². The van der Waals surface area contributed by atoms with Crippen LogP contribution in [0.25, 0.3) is 0 Å². The number of amides is 2. The first-order valence-corrected chi connectivity index (χ1v) is 9.49. The molecule has 120 valence electrons. The normalized spacial score (nSPS) is 27.8. The molecule has 2 amide bonds. The summed E-state index contributed by atoms with van der Waals surface area (Å²) < 4.78 is 0. The molecule has 2 rings (SSSR count). The van der Waals surface area contributed by atoms with E-state index >= 15 is 0 Å². The summed E-state index contributed by atoms with van der Waals surface area (Å²) in [6.45, 7) is 4.67. The summed E-state index contributed by atoms with van der Waals surface area (Å²) in [7, 11) is 0. The Morgan fingerprint density at radius 3 is 2.62 bits per heavy atom. The van der Waals surface area contributed by atoms with Gasteiger partial charge in [-0.1, -0.05) is 26.2 Å². The molecule has 2 aliphatic rings. The quantitative estimate of drug-likeness (QED) is 0.766. The number of carbonyl (C=O) groups excluding carboxylic acids is 2. The van der Waals surface area contributed by atoms with Gasteiger partial charge in [-0.05, 0) is 43.6 Å². The van der Waals surface area contributed by atoms with Crippen LogP contribution < -0.4 is 5.32 Å². The van der Waals surface area contributed by atoms with Crippen molar-refractivity contribution in [1.82, 2.24) is 10.2 Å². The van der Waals surface area contributed by atoms with Crippen molar-refractivity contribution in [2.45, 2.75) is 64.5 Å². The Labute approximate surface area is 132 Å². The van der Waals surface area contributed by atoms with E-state index in [9.17, 15) is 9.59 Å². The largest absolute Gasteiger partial charge is 0.343 e. The molecule has 5 heteroatoms. The summed E-state index contributed by atoms with van der Waals surface area (Å²) in [5, 5.41) is 2.87. The van der Waals surface area contributed by atoms with Gasteiger partial charge in [0, 0.05) is 6.54 Å². The van der Waals surface area contributed by atoms with Gasteiger partial charge in [-0.25, -0.2) is 0 Å². The third-order valence-electron chi connectivity index (χ3n) is 4.60. The Morgan fingerprint density at radius 2 is 1.95 bits per heavy atom. The van der Waals surface area contributed by atoms with E-state index in [1.54, 1.807) is 6.92 Å². The number of hydrogen-bond donors (Lipinski definition) is 1. The lowest BCUT2D eigenvalue weighted by Gasteiger charge is -2.42. The van der Waals surface area contributed by atoms with Crippen molar-refractivity contribution in [3.63, 3.8) is 0 Å². The lowest BCUT2D eigenvalue weighted by Crippen LogP contribution is -2.64. The maximum atomic E-state index is 12.5. The standard InChI is InChI=1S/C16H28N2O2S/c1-3-21-11-7-10-18-14(13-8-5-4-6-9-13)15(19)17-12(2)16(18)20/h12-14H,3-11H2,1-2H3,(H,17,19). The van der Waals surface area contributed by atoms with Gasteiger partial charge >= 0.3 is 0 Å². The van der Waals surface area contributed by atoms with Crippen molar-refractivity contribution in [2.24, 2.45) is 5.92 Å². The molecular weight excluding hydrogens is 284 g/mol. The smallest absolute Gasteiger partial charge is 0.245 e. The number of nitrogens with zero attached hydrogens (tertiary/aromatic N) is 1. The predicted molar refractivity (Wildman–Crippen MR) is 87.3 cm³/mol. The SMILES string of the molecule is CCSCCCN1C(=O)C(C)NC(=O)C1C1CCCCC1.